The van der Waals surface area contributed by atoms with Crippen LogP contribution in [-0.2, 0) is 9.47 Å². The van der Waals surface area contributed by atoms with E-state index in [2.05, 4.69) is 0 Å². The molecule has 15 heavy (non-hydrogen) atoms. The Labute approximate surface area is 91.7 Å². The normalized spacial score (nSPS) is 32.0. The summed E-state index contributed by atoms with van der Waals surface area (Å²) in [5.41, 5.74) is 5.50. The van der Waals surface area contributed by atoms with Crippen molar-refractivity contribution in [2.75, 3.05) is 19.8 Å². The summed E-state index contributed by atoms with van der Waals surface area (Å²) in [6.45, 7) is 5.60. The first-order valence-electron chi connectivity index (χ1n) is 5.73. The largest absolute Gasteiger partial charge is 0.391 e. The van der Waals surface area contributed by atoms with Crippen molar-refractivity contribution in [3.8, 4) is 0 Å². The molecule has 0 spiro atoms. The fourth-order valence-electron chi connectivity index (χ4n) is 1.84. The molecule has 0 amide bonds. The van der Waals surface area contributed by atoms with E-state index in [9.17, 15) is 5.11 Å². The third-order valence-electron chi connectivity index (χ3n) is 3.11. The van der Waals surface area contributed by atoms with Crippen molar-refractivity contribution in [3.63, 3.8) is 0 Å². The highest BCUT2D eigenvalue weighted by atomic mass is 16.5. The minimum absolute atomic E-state index is 0.174. The fourth-order valence-corrected chi connectivity index (χ4v) is 1.84. The molecule has 4 nitrogen and oxygen atoms in total. The van der Waals surface area contributed by atoms with Gasteiger partial charge in [0.25, 0.3) is 0 Å². The van der Waals surface area contributed by atoms with Crippen LogP contribution in [0, 0.1) is 0 Å². The number of rotatable bonds is 4. The Morgan fingerprint density at radius 2 is 2.13 bits per heavy atom. The smallest absolute Gasteiger partial charge is 0.0831 e. The van der Waals surface area contributed by atoms with Crippen LogP contribution in [0.4, 0.5) is 0 Å². The van der Waals surface area contributed by atoms with Crippen molar-refractivity contribution < 1.29 is 14.6 Å². The third kappa shape index (κ3) is 3.72. The van der Waals surface area contributed by atoms with Crippen LogP contribution in [-0.4, -0.2) is 42.7 Å². The third-order valence-corrected chi connectivity index (χ3v) is 3.11. The molecular weight excluding hydrogens is 194 g/mol. The second-order valence-electron chi connectivity index (χ2n) is 4.42. The molecule has 90 valence electrons. The monoisotopic (exact) mass is 217 g/mol. The molecule has 0 radical (unpaired) electrons. The van der Waals surface area contributed by atoms with Gasteiger partial charge in [0.15, 0.2) is 0 Å². The van der Waals surface area contributed by atoms with Crippen LogP contribution in [0.25, 0.3) is 0 Å². The van der Waals surface area contributed by atoms with Gasteiger partial charge in [-0.05, 0) is 26.7 Å². The first kappa shape index (κ1) is 12.9. The van der Waals surface area contributed by atoms with Crippen molar-refractivity contribution in [3.05, 3.63) is 0 Å². The van der Waals surface area contributed by atoms with Gasteiger partial charge in [0.1, 0.15) is 0 Å². The van der Waals surface area contributed by atoms with Gasteiger partial charge in [-0.3, -0.25) is 0 Å². The molecule has 0 aromatic carbocycles. The molecule has 3 unspecified atom stereocenters. The molecule has 1 aliphatic heterocycles. The topological polar surface area (TPSA) is 64.7 Å². The minimum atomic E-state index is -0.461. The molecule has 3 N–H and O–H groups in total. The molecule has 0 aromatic rings. The van der Waals surface area contributed by atoms with Crippen LogP contribution in [0.2, 0.25) is 0 Å². The van der Waals surface area contributed by atoms with Crippen LogP contribution in [0.5, 0.6) is 0 Å². The van der Waals surface area contributed by atoms with E-state index in [1.54, 1.807) is 6.92 Å². The average Bonchev–Trinajstić information content (AvgIpc) is 2.44. The summed E-state index contributed by atoms with van der Waals surface area (Å²) in [7, 11) is 0. The molecule has 3 atom stereocenters. The fraction of sp³-hybridized carbons (Fsp3) is 1.00. The maximum atomic E-state index is 9.43. The van der Waals surface area contributed by atoms with Gasteiger partial charge in [-0.25, -0.2) is 0 Å². The first-order chi connectivity index (χ1) is 7.09. The lowest BCUT2D eigenvalue weighted by molar-refractivity contribution is -0.126. The molecule has 0 aromatic heterocycles. The lowest BCUT2D eigenvalue weighted by atomic mass is 9.94. The summed E-state index contributed by atoms with van der Waals surface area (Å²) < 4.78 is 11.3. The van der Waals surface area contributed by atoms with Gasteiger partial charge in [0.05, 0.1) is 17.8 Å². The SMILES string of the molecule is CC(O)C(C)OC1(CN)CCCOCC1. The quantitative estimate of drug-likeness (QED) is 0.726. The van der Waals surface area contributed by atoms with E-state index in [4.69, 9.17) is 15.2 Å². The van der Waals surface area contributed by atoms with E-state index in [0.717, 1.165) is 25.9 Å². The predicted molar refractivity (Wildman–Crippen MR) is 58.7 cm³/mol. The van der Waals surface area contributed by atoms with Gasteiger partial charge in [-0.2, -0.15) is 0 Å². The molecule has 0 aliphatic carbocycles. The van der Waals surface area contributed by atoms with E-state index in [0.29, 0.717) is 13.2 Å². The summed E-state index contributed by atoms with van der Waals surface area (Å²) in [5.74, 6) is 0. The number of ether oxygens (including phenoxy) is 2. The highest BCUT2D eigenvalue weighted by molar-refractivity contribution is 4.85. The molecule has 1 fully saturated rings. The predicted octanol–water partition coefficient (Wildman–Crippen LogP) is 0.670. The van der Waals surface area contributed by atoms with E-state index >= 15 is 0 Å². The number of hydrogen-bond acceptors (Lipinski definition) is 4. The number of nitrogens with two attached hydrogens (primary N) is 1. The van der Waals surface area contributed by atoms with Crippen molar-refractivity contribution in [2.24, 2.45) is 5.73 Å². The molecule has 0 saturated carbocycles. The second kappa shape index (κ2) is 5.80. The maximum Gasteiger partial charge on any atom is 0.0831 e. The van der Waals surface area contributed by atoms with Crippen molar-refractivity contribution in [1.82, 2.24) is 0 Å². The number of aliphatic hydroxyl groups excluding tert-OH is 1. The Balaban J connectivity index is 2.57. The van der Waals surface area contributed by atoms with E-state index in [1.165, 1.54) is 0 Å². The maximum absolute atomic E-state index is 9.43. The van der Waals surface area contributed by atoms with Crippen molar-refractivity contribution >= 4 is 0 Å². The zero-order valence-corrected chi connectivity index (χ0v) is 9.74. The van der Waals surface area contributed by atoms with Crippen LogP contribution in [0.15, 0.2) is 0 Å². The van der Waals surface area contributed by atoms with Gasteiger partial charge < -0.3 is 20.3 Å². The van der Waals surface area contributed by atoms with Crippen LogP contribution in [0.1, 0.15) is 33.1 Å². The lowest BCUT2D eigenvalue weighted by Crippen LogP contribution is -2.45. The Kier molecular flexibility index (Phi) is 4.99. The highest BCUT2D eigenvalue weighted by Crippen LogP contribution is 2.26. The van der Waals surface area contributed by atoms with E-state index < -0.39 is 6.10 Å². The van der Waals surface area contributed by atoms with Crippen LogP contribution in [0.3, 0.4) is 0 Å². The van der Waals surface area contributed by atoms with Gasteiger partial charge in [0.2, 0.25) is 0 Å². The highest BCUT2D eigenvalue weighted by Gasteiger charge is 2.33. The van der Waals surface area contributed by atoms with E-state index in [-0.39, 0.29) is 11.7 Å². The standard InChI is InChI=1S/C11H23NO3/c1-9(13)10(2)15-11(8-12)4-3-6-14-7-5-11/h9-10,13H,3-8,12H2,1-2H3. The number of aliphatic hydroxyl groups is 1. The molecule has 1 rings (SSSR count). The van der Waals surface area contributed by atoms with Gasteiger partial charge >= 0.3 is 0 Å². The molecule has 1 saturated heterocycles. The van der Waals surface area contributed by atoms with Crippen molar-refractivity contribution in [1.29, 1.82) is 0 Å². The van der Waals surface area contributed by atoms with E-state index in [1.807, 2.05) is 6.92 Å². The van der Waals surface area contributed by atoms with Crippen LogP contribution < -0.4 is 5.73 Å². The summed E-state index contributed by atoms with van der Waals surface area (Å²) >= 11 is 0. The van der Waals surface area contributed by atoms with Gasteiger partial charge in [0, 0.05) is 26.2 Å². The molecular formula is C11H23NO3. The molecule has 4 heteroatoms. The minimum Gasteiger partial charge on any atom is -0.391 e. The van der Waals surface area contributed by atoms with Gasteiger partial charge in [-0.15, -0.1) is 0 Å². The molecule has 1 aliphatic rings. The summed E-state index contributed by atoms with van der Waals surface area (Å²) in [4.78, 5) is 0. The summed E-state index contributed by atoms with van der Waals surface area (Å²) in [5, 5.41) is 9.43. The zero-order valence-electron chi connectivity index (χ0n) is 9.74. The Bertz CT molecular complexity index is 177. The van der Waals surface area contributed by atoms with Gasteiger partial charge in [-0.1, -0.05) is 0 Å². The Morgan fingerprint density at radius 1 is 1.40 bits per heavy atom. The Hall–Kier alpha value is -0.160. The first-order valence-corrected chi connectivity index (χ1v) is 5.73. The molecule has 0 bridgehead atoms. The second-order valence-corrected chi connectivity index (χ2v) is 4.42. The summed E-state index contributed by atoms with van der Waals surface area (Å²) in [6.07, 6.45) is 2.08. The van der Waals surface area contributed by atoms with Crippen molar-refractivity contribution in [2.45, 2.75) is 50.9 Å². The number of hydrogen-bond donors (Lipinski definition) is 2. The Morgan fingerprint density at radius 3 is 2.73 bits per heavy atom. The summed E-state index contributed by atoms with van der Waals surface area (Å²) in [6, 6.07) is 0. The lowest BCUT2D eigenvalue weighted by Gasteiger charge is -2.35. The molecule has 1 heterocycles. The van der Waals surface area contributed by atoms with Crippen LogP contribution >= 0.6 is 0 Å². The average molecular weight is 217 g/mol. The zero-order chi connectivity index (χ0) is 11.3.